The zero-order valence-corrected chi connectivity index (χ0v) is 16.6. The fraction of sp³-hybridized carbons (Fsp3) is 0.579. The summed E-state index contributed by atoms with van der Waals surface area (Å²) in [7, 11) is 0. The number of hydrogen-bond acceptors (Lipinski definition) is 6. The second kappa shape index (κ2) is 8.00. The van der Waals surface area contributed by atoms with Gasteiger partial charge in [0.25, 0.3) is 0 Å². The van der Waals surface area contributed by atoms with Crippen LogP contribution in [0.25, 0.3) is 11.5 Å². The van der Waals surface area contributed by atoms with Gasteiger partial charge in [0.05, 0.1) is 0 Å². The van der Waals surface area contributed by atoms with Crippen LogP contribution in [0.5, 0.6) is 0 Å². The monoisotopic (exact) mass is 464 g/mol. The lowest BCUT2D eigenvalue weighted by Crippen LogP contribution is -2.23. The molecule has 0 spiro atoms. The number of halogens is 7. The summed E-state index contributed by atoms with van der Waals surface area (Å²) in [4.78, 5) is 15.7. The molecule has 13 heteroatoms. The Morgan fingerprint density at radius 1 is 0.781 bits per heavy atom. The van der Waals surface area contributed by atoms with Gasteiger partial charge in [-0.1, -0.05) is 6.07 Å². The Morgan fingerprint density at radius 3 is 1.75 bits per heavy atom. The minimum atomic E-state index is -4.70. The minimum Gasteiger partial charge on any atom is -0.351 e. The van der Waals surface area contributed by atoms with E-state index in [9.17, 15) is 30.7 Å². The smallest absolute Gasteiger partial charge is 0.351 e. The van der Waals surface area contributed by atoms with Gasteiger partial charge in [0, 0.05) is 37.8 Å². The summed E-state index contributed by atoms with van der Waals surface area (Å²) in [5.74, 6) is -6.22. The predicted molar refractivity (Wildman–Crippen MR) is 100 cm³/mol. The lowest BCUT2D eigenvalue weighted by Gasteiger charge is -2.17. The van der Waals surface area contributed by atoms with Crippen molar-refractivity contribution in [2.75, 3.05) is 10.6 Å². The van der Waals surface area contributed by atoms with Gasteiger partial charge in [0.15, 0.2) is 5.82 Å². The normalized spacial score (nSPS) is 24.5. The standard InChI is InChI=1S/C19H19F7N6/c20-17(21)6-4-10(8-17)27-15-30-14(12-2-1-3-13(29-12)19(24,25)26)31-16(32-15)28-11-5-7-18(22,23)9-11/h1-3,10-11H,4-9H2,(H2,27,28,30,31,32)/t10-,11-/m0/s1. The van der Waals surface area contributed by atoms with Crippen molar-refractivity contribution in [3.63, 3.8) is 0 Å². The first-order valence-corrected chi connectivity index (χ1v) is 9.98. The van der Waals surface area contributed by atoms with Crippen LogP contribution >= 0.6 is 0 Å². The molecule has 2 fully saturated rings. The molecule has 32 heavy (non-hydrogen) atoms. The minimum absolute atomic E-state index is 0.146. The lowest BCUT2D eigenvalue weighted by atomic mass is 10.2. The predicted octanol–water partition coefficient (Wildman–Crippen LogP) is 5.15. The highest BCUT2D eigenvalue weighted by atomic mass is 19.4. The van der Waals surface area contributed by atoms with Gasteiger partial charge in [0.1, 0.15) is 11.4 Å². The average Bonchev–Trinajstić information content (AvgIpc) is 3.21. The van der Waals surface area contributed by atoms with Gasteiger partial charge >= 0.3 is 6.18 Å². The highest BCUT2D eigenvalue weighted by Crippen LogP contribution is 2.37. The van der Waals surface area contributed by atoms with Crippen molar-refractivity contribution in [2.24, 2.45) is 0 Å². The van der Waals surface area contributed by atoms with E-state index in [1.54, 1.807) is 0 Å². The average molecular weight is 464 g/mol. The van der Waals surface area contributed by atoms with Crippen LogP contribution in [0.15, 0.2) is 18.2 Å². The van der Waals surface area contributed by atoms with E-state index in [1.165, 1.54) is 6.07 Å². The molecule has 174 valence electrons. The first kappa shape index (κ1) is 22.5. The van der Waals surface area contributed by atoms with Gasteiger partial charge in [-0.25, -0.2) is 22.5 Å². The molecule has 2 aromatic rings. The molecule has 0 bridgehead atoms. The van der Waals surface area contributed by atoms with Crippen LogP contribution in [0, 0.1) is 0 Å². The molecule has 2 N–H and O–H groups in total. The number of rotatable bonds is 5. The maximum absolute atomic E-state index is 13.5. The SMILES string of the molecule is FC1(F)CC[C@H](Nc2nc(N[C@H]3CCC(F)(F)C3)nc(-c3cccc(C(F)(F)F)n3)n2)C1. The van der Waals surface area contributed by atoms with E-state index in [1.807, 2.05) is 0 Å². The zero-order valence-electron chi connectivity index (χ0n) is 16.6. The quantitative estimate of drug-likeness (QED) is 0.596. The molecule has 4 rings (SSSR count). The molecule has 0 amide bonds. The van der Waals surface area contributed by atoms with E-state index in [4.69, 9.17) is 0 Å². The number of alkyl halides is 7. The molecular weight excluding hydrogens is 445 g/mol. The molecule has 2 saturated carbocycles. The van der Waals surface area contributed by atoms with E-state index < -0.39 is 48.6 Å². The van der Waals surface area contributed by atoms with Gasteiger partial charge in [-0.3, -0.25) is 0 Å². The molecule has 6 nitrogen and oxygen atoms in total. The highest BCUT2D eigenvalue weighted by Gasteiger charge is 2.41. The first-order valence-electron chi connectivity index (χ1n) is 9.98. The first-order chi connectivity index (χ1) is 14.9. The second-order valence-electron chi connectivity index (χ2n) is 8.09. The van der Waals surface area contributed by atoms with E-state index in [-0.39, 0.29) is 49.1 Å². The summed E-state index contributed by atoms with van der Waals surface area (Å²) in [6.45, 7) is 0. The summed E-state index contributed by atoms with van der Waals surface area (Å²) in [5.41, 5.74) is -1.38. The number of pyridine rings is 1. The summed E-state index contributed by atoms with van der Waals surface area (Å²) in [6.07, 6.45) is -5.95. The fourth-order valence-corrected chi connectivity index (χ4v) is 3.85. The molecule has 0 saturated heterocycles. The van der Waals surface area contributed by atoms with E-state index >= 15 is 0 Å². The lowest BCUT2D eigenvalue weighted by molar-refractivity contribution is -0.141. The van der Waals surface area contributed by atoms with Crippen LogP contribution < -0.4 is 10.6 Å². The van der Waals surface area contributed by atoms with Crippen molar-refractivity contribution in [3.8, 4) is 11.5 Å². The third-order valence-corrected chi connectivity index (χ3v) is 5.38. The van der Waals surface area contributed by atoms with Gasteiger partial charge < -0.3 is 10.6 Å². The van der Waals surface area contributed by atoms with Crippen molar-refractivity contribution < 1.29 is 30.7 Å². The second-order valence-corrected chi connectivity index (χ2v) is 8.09. The summed E-state index contributed by atoms with van der Waals surface area (Å²) >= 11 is 0. The number of nitrogens with one attached hydrogen (secondary N) is 2. The third kappa shape index (κ3) is 5.36. The van der Waals surface area contributed by atoms with Gasteiger partial charge in [0.2, 0.25) is 23.7 Å². The summed E-state index contributed by atoms with van der Waals surface area (Å²) in [6, 6.07) is 1.86. The van der Waals surface area contributed by atoms with Crippen molar-refractivity contribution >= 4 is 11.9 Å². The van der Waals surface area contributed by atoms with E-state index in [2.05, 4.69) is 30.6 Å². The van der Waals surface area contributed by atoms with Crippen LogP contribution in [0.4, 0.5) is 42.6 Å². The maximum atomic E-state index is 13.5. The molecule has 2 atom stereocenters. The fourth-order valence-electron chi connectivity index (χ4n) is 3.85. The van der Waals surface area contributed by atoms with Crippen molar-refractivity contribution in [3.05, 3.63) is 23.9 Å². The van der Waals surface area contributed by atoms with Gasteiger partial charge in [-0.15, -0.1) is 0 Å². The van der Waals surface area contributed by atoms with Crippen LogP contribution in [-0.4, -0.2) is 43.9 Å². The van der Waals surface area contributed by atoms with Gasteiger partial charge in [-0.2, -0.15) is 28.1 Å². The van der Waals surface area contributed by atoms with Gasteiger partial charge in [-0.05, 0) is 25.0 Å². The molecule has 0 aliphatic heterocycles. The molecule has 2 aliphatic rings. The van der Waals surface area contributed by atoms with Crippen molar-refractivity contribution in [1.29, 1.82) is 0 Å². The Labute approximate surface area is 178 Å². The molecular formula is C19H19F7N6. The Morgan fingerprint density at radius 2 is 1.31 bits per heavy atom. The molecule has 0 radical (unpaired) electrons. The van der Waals surface area contributed by atoms with Crippen molar-refractivity contribution in [2.45, 2.75) is 68.6 Å². The molecule has 2 heterocycles. The molecule has 0 unspecified atom stereocenters. The summed E-state index contributed by atoms with van der Waals surface area (Å²) in [5, 5.41) is 5.51. The third-order valence-electron chi connectivity index (χ3n) is 5.38. The van der Waals surface area contributed by atoms with E-state index in [0.717, 1.165) is 12.1 Å². The summed E-state index contributed by atoms with van der Waals surface area (Å²) < 4.78 is 93.2. The Bertz CT molecular complexity index is 935. The molecule has 0 aromatic carbocycles. The Kier molecular flexibility index (Phi) is 5.61. The molecule has 2 aromatic heterocycles. The largest absolute Gasteiger partial charge is 0.433 e. The van der Waals surface area contributed by atoms with Crippen LogP contribution in [-0.2, 0) is 6.18 Å². The number of aromatic nitrogens is 4. The number of nitrogens with zero attached hydrogens (tertiary/aromatic N) is 4. The maximum Gasteiger partial charge on any atom is 0.433 e. The number of anilines is 2. The van der Waals surface area contributed by atoms with Crippen LogP contribution in [0.2, 0.25) is 0 Å². The van der Waals surface area contributed by atoms with Crippen LogP contribution in [0.1, 0.15) is 44.2 Å². The van der Waals surface area contributed by atoms with Crippen LogP contribution in [0.3, 0.4) is 0 Å². The Hall–Kier alpha value is -2.73. The van der Waals surface area contributed by atoms with Crippen molar-refractivity contribution in [1.82, 2.24) is 19.9 Å². The topological polar surface area (TPSA) is 75.6 Å². The zero-order chi connectivity index (χ0) is 23.1. The Balaban J connectivity index is 1.64. The number of hydrogen-bond donors (Lipinski definition) is 2. The molecule has 2 aliphatic carbocycles. The van der Waals surface area contributed by atoms with E-state index in [0.29, 0.717) is 0 Å². The highest BCUT2D eigenvalue weighted by molar-refractivity contribution is 5.54.